The second kappa shape index (κ2) is 9.07. The molecule has 34 heavy (non-hydrogen) atoms. The van der Waals surface area contributed by atoms with Gasteiger partial charge in [-0.3, -0.25) is 4.79 Å². The molecule has 3 heterocycles. The molecule has 3 aromatic heterocycles. The zero-order valence-corrected chi connectivity index (χ0v) is 18.2. The molecule has 1 unspecified atom stereocenters. The van der Waals surface area contributed by atoms with E-state index in [9.17, 15) is 9.18 Å². The number of H-pyrrole nitrogens is 1. The Morgan fingerprint density at radius 2 is 1.82 bits per heavy atom. The van der Waals surface area contributed by atoms with Crippen molar-refractivity contribution in [3.63, 3.8) is 0 Å². The van der Waals surface area contributed by atoms with E-state index in [2.05, 4.69) is 30.6 Å². The fraction of sp³-hybridized carbons (Fsp3) is 0.0800. The summed E-state index contributed by atoms with van der Waals surface area (Å²) in [5, 5.41) is 11.6. The average Bonchev–Trinajstić information content (AvgIpc) is 3.56. The largest absolute Gasteiger partial charge is 0.357 e. The maximum Gasteiger partial charge on any atom is 0.296 e. The molecule has 8 nitrogen and oxygen atoms in total. The van der Waals surface area contributed by atoms with Gasteiger partial charge in [0.2, 0.25) is 5.95 Å². The average molecular weight is 453 g/mol. The number of nitrogens with one attached hydrogen (secondary N) is 2. The van der Waals surface area contributed by atoms with E-state index in [-0.39, 0.29) is 11.9 Å². The lowest BCUT2D eigenvalue weighted by molar-refractivity contribution is 0.0940. The maximum atomic E-state index is 13.5. The highest BCUT2D eigenvalue weighted by molar-refractivity contribution is 5.97. The fourth-order valence-corrected chi connectivity index (χ4v) is 3.61. The Labute approximate surface area is 194 Å². The lowest BCUT2D eigenvalue weighted by atomic mass is 10.1. The normalized spacial score (nSPS) is 11.8. The molecule has 0 fully saturated rings. The van der Waals surface area contributed by atoms with E-state index < -0.39 is 5.91 Å². The van der Waals surface area contributed by atoms with Gasteiger partial charge in [-0.15, -0.1) is 5.10 Å². The summed E-state index contributed by atoms with van der Waals surface area (Å²) >= 11 is 0. The summed E-state index contributed by atoms with van der Waals surface area (Å²) in [5.74, 6) is -0.380. The second-order valence-electron chi connectivity index (χ2n) is 7.64. The third-order valence-corrected chi connectivity index (χ3v) is 5.35. The molecule has 0 aliphatic carbocycles. The van der Waals surface area contributed by atoms with Crippen LogP contribution in [0.1, 0.15) is 29.0 Å². The molecule has 0 spiro atoms. The SMILES string of the molecule is CC(Nc1nccc(-c2c(-c3ccc(F)cc3)nnn2C(=O)c2ccc[nH]2)n1)c1ccccc1. The van der Waals surface area contributed by atoms with Crippen LogP contribution in [0.3, 0.4) is 0 Å². The van der Waals surface area contributed by atoms with Crippen molar-refractivity contribution in [3.8, 4) is 22.6 Å². The predicted octanol–water partition coefficient (Wildman–Crippen LogP) is 4.73. The molecule has 0 aliphatic rings. The van der Waals surface area contributed by atoms with Crippen LogP contribution >= 0.6 is 0 Å². The molecule has 0 radical (unpaired) electrons. The van der Waals surface area contributed by atoms with E-state index >= 15 is 0 Å². The van der Waals surface area contributed by atoms with Gasteiger partial charge in [0.15, 0.2) is 0 Å². The van der Waals surface area contributed by atoms with Gasteiger partial charge in [-0.2, -0.15) is 4.68 Å². The van der Waals surface area contributed by atoms with Gasteiger partial charge < -0.3 is 10.3 Å². The molecule has 5 aromatic rings. The second-order valence-corrected chi connectivity index (χ2v) is 7.64. The topological polar surface area (TPSA) is 101 Å². The number of benzene rings is 2. The van der Waals surface area contributed by atoms with Crippen molar-refractivity contribution in [2.24, 2.45) is 0 Å². The van der Waals surface area contributed by atoms with Crippen molar-refractivity contribution >= 4 is 11.9 Å². The first-order chi connectivity index (χ1) is 16.6. The number of rotatable bonds is 6. The molecule has 0 saturated heterocycles. The summed E-state index contributed by atoms with van der Waals surface area (Å²) in [5.41, 5.74) is 3.26. The summed E-state index contributed by atoms with van der Waals surface area (Å²) < 4.78 is 14.7. The number of hydrogen-bond donors (Lipinski definition) is 2. The molecule has 0 aliphatic heterocycles. The first-order valence-electron chi connectivity index (χ1n) is 10.6. The van der Waals surface area contributed by atoms with Crippen LogP contribution in [0.2, 0.25) is 0 Å². The number of aromatic amines is 1. The molecule has 168 valence electrons. The van der Waals surface area contributed by atoms with Crippen LogP contribution < -0.4 is 5.32 Å². The van der Waals surface area contributed by atoms with Crippen molar-refractivity contribution in [1.29, 1.82) is 0 Å². The molecular weight excluding hydrogens is 433 g/mol. The summed E-state index contributed by atoms with van der Waals surface area (Å²) in [6.45, 7) is 2.01. The first-order valence-corrected chi connectivity index (χ1v) is 10.6. The number of hydrogen-bond acceptors (Lipinski definition) is 6. The van der Waals surface area contributed by atoms with Crippen LogP contribution in [0, 0.1) is 5.82 Å². The summed E-state index contributed by atoms with van der Waals surface area (Å²) in [7, 11) is 0. The minimum absolute atomic E-state index is 0.0448. The smallest absolute Gasteiger partial charge is 0.296 e. The summed E-state index contributed by atoms with van der Waals surface area (Å²) in [4.78, 5) is 25.0. The third kappa shape index (κ3) is 4.18. The Kier molecular flexibility index (Phi) is 5.65. The molecule has 0 amide bonds. The molecule has 5 rings (SSSR count). The van der Waals surface area contributed by atoms with Gasteiger partial charge in [0.25, 0.3) is 5.91 Å². The Hall–Kier alpha value is -4.66. The molecule has 0 bridgehead atoms. The van der Waals surface area contributed by atoms with E-state index in [4.69, 9.17) is 0 Å². The zero-order chi connectivity index (χ0) is 23.5. The monoisotopic (exact) mass is 453 g/mol. The zero-order valence-electron chi connectivity index (χ0n) is 18.2. The summed E-state index contributed by atoms with van der Waals surface area (Å²) in [6, 6.07) is 20.8. The van der Waals surface area contributed by atoms with Gasteiger partial charge in [0, 0.05) is 18.0 Å². The lowest BCUT2D eigenvalue weighted by Gasteiger charge is -2.15. The quantitative estimate of drug-likeness (QED) is 0.385. The Morgan fingerprint density at radius 3 is 2.56 bits per heavy atom. The molecule has 2 aromatic carbocycles. The number of carbonyl (C=O) groups is 1. The van der Waals surface area contributed by atoms with Crippen LogP contribution in [-0.2, 0) is 0 Å². The minimum atomic E-state index is -0.397. The van der Waals surface area contributed by atoms with Gasteiger partial charge in [-0.05, 0) is 55.0 Å². The number of halogens is 1. The van der Waals surface area contributed by atoms with E-state index in [1.165, 1.54) is 16.8 Å². The van der Waals surface area contributed by atoms with Gasteiger partial charge in [-0.1, -0.05) is 35.5 Å². The number of nitrogens with zero attached hydrogens (tertiary/aromatic N) is 5. The van der Waals surface area contributed by atoms with Crippen molar-refractivity contribution < 1.29 is 9.18 Å². The van der Waals surface area contributed by atoms with Crippen molar-refractivity contribution in [2.75, 3.05) is 5.32 Å². The van der Waals surface area contributed by atoms with Crippen LogP contribution in [0.25, 0.3) is 22.6 Å². The Morgan fingerprint density at radius 1 is 1.03 bits per heavy atom. The van der Waals surface area contributed by atoms with Crippen molar-refractivity contribution in [2.45, 2.75) is 13.0 Å². The third-order valence-electron chi connectivity index (χ3n) is 5.35. The number of aromatic nitrogens is 6. The summed E-state index contributed by atoms with van der Waals surface area (Å²) in [6.07, 6.45) is 3.26. The first kappa shape index (κ1) is 21.2. The highest BCUT2D eigenvalue weighted by Crippen LogP contribution is 2.30. The van der Waals surface area contributed by atoms with E-state index in [0.717, 1.165) is 5.56 Å². The fourth-order valence-electron chi connectivity index (χ4n) is 3.61. The van der Waals surface area contributed by atoms with Gasteiger partial charge in [0.05, 0.1) is 11.7 Å². The molecular formula is C25H20FN7O. The van der Waals surface area contributed by atoms with E-state index in [1.54, 1.807) is 42.7 Å². The number of carbonyl (C=O) groups excluding carboxylic acids is 1. The van der Waals surface area contributed by atoms with Crippen molar-refractivity contribution in [3.05, 3.63) is 102 Å². The highest BCUT2D eigenvalue weighted by atomic mass is 19.1. The number of anilines is 1. The highest BCUT2D eigenvalue weighted by Gasteiger charge is 2.24. The standard InChI is InChI=1S/C25H20FN7O/c1-16(17-6-3-2-4-7-17)29-25-28-15-13-20(30-25)23-22(18-9-11-19(26)12-10-18)31-32-33(23)24(34)21-8-5-14-27-21/h2-16,27H,1H3,(H,28,29,30). The maximum absolute atomic E-state index is 13.5. The Balaban J connectivity index is 1.58. The van der Waals surface area contributed by atoms with Crippen LogP contribution in [0.15, 0.2) is 85.2 Å². The molecule has 9 heteroatoms. The van der Waals surface area contributed by atoms with E-state index in [1.807, 2.05) is 37.3 Å². The molecule has 0 saturated carbocycles. The predicted molar refractivity (Wildman–Crippen MR) is 125 cm³/mol. The van der Waals surface area contributed by atoms with Crippen LogP contribution in [0.5, 0.6) is 0 Å². The van der Waals surface area contributed by atoms with Crippen LogP contribution in [-0.4, -0.2) is 35.9 Å². The van der Waals surface area contributed by atoms with Gasteiger partial charge in [-0.25, -0.2) is 14.4 Å². The van der Waals surface area contributed by atoms with Gasteiger partial charge in [0.1, 0.15) is 22.9 Å². The lowest BCUT2D eigenvalue weighted by Crippen LogP contribution is -2.16. The van der Waals surface area contributed by atoms with E-state index in [0.29, 0.717) is 34.3 Å². The molecule has 2 N–H and O–H groups in total. The minimum Gasteiger partial charge on any atom is -0.357 e. The van der Waals surface area contributed by atoms with Crippen molar-refractivity contribution in [1.82, 2.24) is 29.9 Å². The molecule has 1 atom stereocenters. The van der Waals surface area contributed by atoms with Crippen LogP contribution in [0.4, 0.5) is 10.3 Å². The Bertz CT molecular complexity index is 1410. The van der Waals surface area contributed by atoms with Gasteiger partial charge >= 0.3 is 0 Å².